The minimum Gasteiger partial charge on any atom is -0.368 e. The third kappa shape index (κ3) is 3.91. The molecule has 0 saturated carbocycles. The van der Waals surface area contributed by atoms with Crippen molar-refractivity contribution in [3.05, 3.63) is 86.6 Å². The number of likely N-dealkylation sites (N-methyl/N-ethyl adjacent to an activating group) is 1. The Hall–Kier alpha value is -2.83. The van der Waals surface area contributed by atoms with Gasteiger partial charge in [-0.2, -0.15) is 0 Å². The first-order chi connectivity index (χ1) is 16.0. The molecule has 1 saturated heterocycles. The number of halogens is 1. The van der Waals surface area contributed by atoms with E-state index >= 15 is 0 Å². The fraction of sp³-hybridized carbons (Fsp3) is 0.308. The van der Waals surface area contributed by atoms with Gasteiger partial charge < -0.3 is 14.7 Å². The summed E-state index contributed by atoms with van der Waals surface area (Å²) < 4.78 is 0. The number of carbonyl (C=O) groups is 2. The SMILES string of the molecule is Cc1ccc(Cl)cc1N1CCN(C(=O)[C@H]2c3ccccc3C(=O)N(C)[C@@H]2c2cccs2)CC1. The number of benzene rings is 2. The summed E-state index contributed by atoms with van der Waals surface area (Å²) >= 11 is 7.83. The monoisotopic (exact) mass is 479 g/mol. The number of carbonyl (C=O) groups excluding carboxylic acids is 2. The van der Waals surface area contributed by atoms with Crippen LogP contribution in [0.4, 0.5) is 5.69 Å². The number of fused-ring (bicyclic) bond motifs is 1. The summed E-state index contributed by atoms with van der Waals surface area (Å²) in [5.41, 5.74) is 3.76. The number of aryl methyl sites for hydroxylation is 1. The van der Waals surface area contributed by atoms with Crippen molar-refractivity contribution in [3.8, 4) is 0 Å². The molecule has 3 aromatic rings. The van der Waals surface area contributed by atoms with Crippen LogP contribution in [-0.4, -0.2) is 54.8 Å². The predicted molar refractivity (Wildman–Crippen MR) is 133 cm³/mol. The van der Waals surface area contributed by atoms with E-state index in [-0.39, 0.29) is 17.9 Å². The Morgan fingerprint density at radius 3 is 2.52 bits per heavy atom. The Bertz CT molecular complexity index is 1190. The number of hydrogen-bond donors (Lipinski definition) is 0. The molecule has 1 fully saturated rings. The lowest BCUT2D eigenvalue weighted by molar-refractivity contribution is -0.134. The minimum absolute atomic E-state index is 0.0331. The Kier molecular flexibility index (Phi) is 5.89. The average molecular weight is 480 g/mol. The lowest BCUT2D eigenvalue weighted by Crippen LogP contribution is -2.53. The molecule has 2 atom stereocenters. The summed E-state index contributed by atoms with van der Waals surface area (Å²) in [6.07, 6.45) is 0. The van der Waals surface area contributed by atoms with Gasteiger partial charge in [0.15, 0.2) is 0 Å². The van der Waals surface area contributed by atoms with Gasteiger partial charge in [0.1, 0.15) is 0 Å². The van der Waals surface area contributed by atoms with Crippen molar-refractivity contribution in [2.75, 3.05) is 38.1 Å². The number of nitrogens with zero attached hydrogens (tertiary/aromatic N) is 3. The van der Waals surface area contributed by atoms with Crippen LogP contribution in [-0.2, 0) is 4.79 Å². The number of rotatable bonds is 3. The maximum atomic E-state index is 14.0. The van der Waals surface area contributed by atoms with Gasteiger partial charge in [-0.05, 0) is 47.7 Å². The van der Waals surface area contributed by atoms with E-state index in [1.807, 2.05) is 71.9 Å². The fourth-order valence-electron chi connectivity index (χ4n) is 5.04. The van der Waals surface area contributed by atoms with Crippen LogP contribution in [0.2, 0.25) is 5.02 Å². The number of thiophene rings is 1. The van der Waals surface area contributed by atoms with Gasteiger partial charge in [-0.25, -0.2) is 0 Å². The zero-order valence-electron chi connectivity index (χ0n) is 18.7. The molecule has 1 aromatic heterocycles. The summed E-state index contributed by atoms with van der Waals surface area (Å²) in [5, 5.41) is 2.72. The third-order valence-corrected chi connectivity index (χ3v) is 7.96. The first-order valence-electron chi connectivity index (χ1n) is 11.1. The van der Waals surface area contributed by atoms with Crippen LogP contribution in [0.15, 0.2) is 60.0 Å². The highest BCUT2D eigenvalue weighted by Gasteiger charge is 2.44. The van der Waals surface area contributed by atoms with Crippen molar-refractivity contribution < 1.29 is 9.59 Å². The molecule has 170 valence electrons. The Labute approximate surface area is 203 Å². The normalized spacial score (nSPS) is 20.7. The fourth-order valence-corrected chi connectivity index (χ4v) is 6.11. The molecular formula is C26H26ClN3O2S. The van der Waals surface area contributed by atoms with Crippen molar-refractivity contribution in [2.45, 2.75) is 18.9 Å². The van der Waals surface area contributed by atoms with Crippen molar-refractivity contribution in [3.63, 3.8) is 0 Å². The van der Waals surface area contributed by atoms with Gasteiger partial charge in [-0.3, -0.25) is 9.59 Å². The zero-order valence-corrected chi connectivity index (χ0v) is 20.3. The molecule has 7 heteroatoms. The Morgan fingerprint density at radius 2 is 1.79 bits per heavy atom. The van der Waals surface area contributed by atoms with Crippen LogP contribution in [0.5, 0.6) is 0 Å². The number of anilines is 1. The van der Waals surface area contributed by atoms with E-state index in [4.69, 9.17) is 11.6 Å². The lowest BCUT2D eigenvalue weighted by atomic mass is 9.81. The molecule has 2 amide bonds. The van der Waals surface area contributed by atoms with Crippen molar-refractivity contribution >= 4 is 40.4 Å². The highest BCUT2D eigenvalue weighted by molar-refractivity contribution is 7.10. The van der Waals surface area contributed by atoms with Crippen LogP contribution >= 0.6 is 22.9 Å². The second-order valence-corrected chi connectivity index (χ2v) is 10.1. The highest BCUT2D eigenvalue weighted by atomic mass is 35.5. The zero-order chi connectivity index (χ0) is 23.1. The molecule has 0 N–H and O–H groups in total. The molecule has 5 nitrogen and oxygen atoms in total. The molecule has 0 unspecified atom stereocenters. The van der Waals surface area contributed by atoms with Gasteiger partial charge in [-0.15, -0.1) is 11.3 Å². The molecular weight excluding hydrogens is 454 g/mol. The largest absolute Gasteiger partial charge is 0.368 e. The molecule has 0 bridgehead atoms. The summed E-state index contributed by atoms with van der Waals surface area (Å²) in [4.78, 5) is 34.1. The molecule has 3 heterocycles. The second-order valence-electron chi connectivity index (χ2n) is 8.68. The van der Waals surface area contributed by atoms with E-state index in [2.05, 4.69) is 11.8 Å². The van der Waals surface area contributed by atoms with Gasteiger partial charge >= 0.3 is 0 Å². The summed E-state index contributed by atoms with van der Waals surface area (Å²) in [5.74, 6) is -0.362. The highest BCUT2D eigenvalue weighted by Crippen LogP contribution is 2.44. The first kappa shape index (κ1) is 22.0. The smallest absolute Gasteiger partial charge is 0.254 e. The van der Waals surface area contributed by atoms with Gasteiger partial charge in [0.2, 0.25) is 5.91 Å². The van der Waals surface area contributed by atoms with Crippen molar-refractivity contribution in [1.29, 1.82) is 0 Å². The quantitative estimate of drug-likeness (QED) is 0.532. The van der Waals surface area contributed by atoms with Crippen LogP contribution in [0.1, 0.15) is 38.3 Å². The Morgan fingerprint density at radius 1 is 1.03 bits per heavy atom. The Balaban J connectivity index is 1.43. The first-order valence-corrected chi connectivity index (χ1v) is 12.4. The maximum absolute atomic E-state index is 14.0. The predicted octanol–water partition coefficient (Wildman–Crippen LogP) is 4.97. The third-order valence-electron chi connectivity index (χ3n) is 6.78. The number of piperazine rings is 1. The number of hydrogen-bond acceptors (Lipinski definition) is 4. The molecule has 2 aliphatic heterocycles. The summed E-state index contributed by atoms with van der Waals surface area (Å²) in [6.45, 7) is 4.86. The minimum atomic E-state index is -0.415. The van der Waals surface area contributed by atoms with Gasteiger partial charge in [0.05, 0.1) is 12.0 Å². The lowest BCUT2D eigenvalue weighted by Gasteiger charge is -2.43. The molecule has 0 aliphatic carbocycles. The molecule has 5 rings (SSSR count). The molecule has 0 spiro atoms. The average Bonchev–Trinajstić information content (AvgIpc) is 3.37. The van der Waals surface area contributed by atoms with Gasteiger partial charge in [0.25, 0.3) is 5.91 Å². The van der Waals surface area contributed by atoms with Gasteiger partial charge in [-0.1, -0.05) is 41.9 Å². The van der Waals surface area contributed by atoms with Crippen LogP contribution in [0.25, 0.3) is 0 Å². The molecule has 2 aromatic carbocycles. The van der Waals surface area contributed by atoms with Crippen LogP contribution < -0.4 is 4.90 Å². The second kappa shape index (κ2) is 8.84. The summed E-state index contributed by atoms with van der Waals surface area (Å²) in [6, 6.07) is 17.2. The molecule has 2 aliphatic rings. The van der Waals surface area contributed by atoms with Crippen LogP contribution in [0, 0.1) is 6.92 Å². The van der Waals surface area contributed by atoms with Crippen molar-refractivity contribution in [1.82, 2.24) is 9.80 Å². The number of amides is 2. The van der Waals surface area contributed by atoms with Crippen LogP contribution in [0.3, 0.4) is 0 Å². The summed E-state index contributed by atoms with van der Waals surface area (Å²) in [7, 11) is 1.81. The molecule has 33 heavy (non-hydrogen) atoms. The van der Waals surface area contributed by atoms with E-state index in [9.17, 15) is 9.59 Å². The standard InChI is InChI=1S/C26H26ClN3O2S/c1-17-9-10-18(27)16-21(17)29-11-13-30(14-12-29)26(32)23-19-6-3-4-7-20(19)25(31)28(2)24(23)22-8-5-15-33-22/h3-10,15-16,23-24H,11-14H2,1-2H3/t23-,24+/m0/s1. The van der Waals surface area contributed by atoms with E-state index < -0.39 is 5.92 Å². The van der Waals surface area contributed by atoms with E-state index in [0.29, 0.717) is 18.7 Å². The van der Waals surface area contributed by atoms with E-state index in [1.54, 1.807) is 16.2 Å². The topological polar surface area (TPSA) is 43.9 Å². The maximum Gasteiger partial charge on any atom is 0.254 e. The van der Waals surface area contributed by atoms with E-state index in [0.717, 1.165) is 34.2 Å². The van der Waals surface area contributed by atoms with Crippen molar-refractivity contribution in [2.24, 2.45) is 0 Å². The molecule has 0 radical (unpaired) electrons. The van der Waals surface area contributed by atoms with Gasteiger partial charge in [0, 0.05) is 54.4 Å². The van der Waals surface area contributed by atoms with E-state index in [1.165, 1.54) is 5.56 Å².